The molecule has 0 atom stereocenters. The van der Waals surface area contributed by atoms with Gasteiger partial charge in [-0.25, -0.2) is 4.98 Å². The maximum Gasteiger partial charge on any atom is 0.233 e. The summed E-state index contributed by atoms with van der Waals surface area (Å²) >= 11 is 1.61. The maximum absolute atomic E-state index is 13.4. The van der Waals surface area contributed by atoms with Crippen LogP contribution in [0.5, 0.6) is 0 Å². The largest absolute Gasteiger partial charge is 0.379 e. The van der Waals surface area contributed by atoms with Crippen molar-refractivity contribution in [1.82, 2.24) is 9.88 Å². The van der Waals surface area contributed by atoms with E-state index in [-0.39, 0.29) is 18.3 Å². The number of amides is 1. The van der Waals surface area contributed by atoms with E-state index in [1.165, 1.54) is 16.7 Å². The number of hydrogen-bond donors (Lipinski definition) is 0. The van der Waals surface area contributed by atoms with Crippen molar-refractivity contribution in [1.29, 1.82) is 0 Å². The van der Waals surface area contributed by atoms with Crippen molar-refractivity contribution in [2.24, 2.45) is 0 Å². The molecule has 32 heavy (non-hydrogen) atoms. The van der Waals surface area contributed by atoms with Crippen molar-refractivity contribution in [3.05, 3.63) is 58.7 Å². The Kier molecular flexibility index (Phi) is 8.65. The van der Waals surface area contributed by atoms with E-state index in [2.05, 4.69) is 56.0 Å². The van der Waals surface area contributed by atoms with Crippen LogP contribution in [0.25, 0.3) is 10.2 Å². The Morgan fingerprint density at radius 1 is 1.09 bits per heavy atom. The van der Waals surface area contributed by atoms with Crippen molar-refractivity contribution in [2.75, 3.05) is 44.3 Å². The quantitative estimate of drug-likeness (QED) is 0.487. The second-order valence-corrected chi connectivity index (χ2v) is 9.44. The fourth-order valence-electron chi connectivity index (χ4n) is 4.04. The predicted octanol–water partition coefficient (Wildman–Crippen LogP) is 4.94. The molecule has 5 nitrogen and oxygen atoms in total. The molecule has 1 aliphatic rings. The van der Waals surface area contributed by atoms with Crippen molar-refractivity contribution in [3.63, 3.8) is 0 Å². The van der Waals surface area contributed by atoms with Crippen LogP contribution < -0.4 is 4.90 Å². The molecule has 7 heteroatoms. The molecule has 2 aromatic carbocycles. The summed E-state index contributed by atoms with van der Waals surface area (Å²) in [4.78, 5) is 22.6. The van der Waals surface area contributed by atoms with Crippen molar-refractivity contribution in [2.45, 2.75) is 33.6 Å². The fraction of sp³-hybridized carbons (Fsp3) is 0.440. The van der Waals surface area contributed by atoms with Gasteiger partial charge in [0.1, 0.15) is 0 Å². The molecule has 1 amide bonds. The third-order valence-corrected chi connectivity index (χ3v) is 6.91. The van der Waals surface area contributed by atoms with Gasteiger partial charge in [0.2, 0.25) is 5.91 Å². The van der Waals surface area contributed by atoms with Crippen LogP contribution in [0, 0.1) is 20.8 Å². The average molecular weight is 474 g/mol. The van der Waals surface area contributed by atoms with E-state index in [0.717, 1.165) is 60.2 Å². The fourth-order valence-corrected chi connectivity index (χ4v) is 5.15. The van der Waals surface area contributed by atoms with Crippen molar-refractivity contribution < 1.29 is 9.53 Å². The van der Waals surface area contributed by atoms with Crippen LogP contribution in [0.4, 0.5) is 5.13 Å². The molecular weight excluding hydrogens is 442 g/mol. The van der Waals surface area contributed by atoms with Gasteiger partial charge in [-0.15, -0.1) is 12.4 Å². The van der Waals surface area contributed by atoms with Crippen LogP contribution in [-0.4, -0.2) is 55.2 Å². The van der Waals surface area contributed by atoms with E-state index in [0.29, 0.717) is 13.0 Å². The third kappa shape index (κ3) is 6.07. The Bertz CT molecular complexity index is 1060. The molecule has 0 saturated carbocycles. The molecule has 0 radical (unpaired) electrons. The van der Waals surface area contributed by atoms with Gasteiger partial charge < -0.3 is 4.74 Å². The molecule has 1 aromatic heterocycles. The first kappa shape index (κ1) is 24.6. The summed E-state index contributed by atoms with van der Waals surface area (Å²) in [5.74, 6) is 0.115. The summed E-state index contributed by atoms with van der Waals surface area (Å²) in [5.41, 5.74) is 5.65. The molecule has 1 aliphatic heterocycles. The third-order valence-electron chi connectivity index (χ3n) is 5.86. The summed E-state index contributed by atoms with van der Waals surface area (Å²) in [6, 6.07) is 12.6. The van der Waals surface area contributed by atoms with Gasteiger partial charge in [-0.2, -0.15) is 0 Å². The monoisotopic (exact) mass is 473 g/mol. The highest BCUT2D eigenvalue weighted by atomic mass is 35.5. The smallest absolute Gasteiger partial charge is 0.233 e. The summed E-state index contributed by atoms with van der Waals surface area (Å²) in [5, 5.41) is 0.803. The van der Waals surface area contributed by atoms with Gasteiger partial charge in [0.25, 0.3) is 0 Å². The number of nitrogens with zero attached hydrogens (tertiary/aromatic N) is 3. The Labute approximate surface area is 200 Å². The van der Waals surface area contributed by atoms with Crippen LogP contribution in [0.15, 0.2) is 36.4 Å². The number of morpholine rings is 1. The highest BCUT2D eigenvalue weighted by Gasteiger charge is 2.21. The molecule has 1 saturated heterocycles. The number of rotatable bonds is 7. The Morgan fingerprint density at radius 2 is 1.81 bits per heavy atom. The number of aryl methyl sites for hydroxylation is 3. The standard InChI is InChI=1S/C25H31N3O2S.ClH/c1-18-5-7-21(20(3)15-18)17-24(29)28(10-4-9-27-11-13-30-14-12-27)25-26-22-8-6-19(2)16-23(22)31-25;/h5-8,15-16H,4,9-14,17H2,1-3H3;1H. The number of aromatic nitrogens is 1. The lowest BCUT2D eigenvalue weighted by Crippen LogP contribution is -2.39. The number of halogens is 1. The molecule has 2 heterocycles. The van der Waals surface area contributed by atoms with Crippen molar-refractivity contribution in [3.8, 4) is 0 Å². The minimum absolute atomic E-state index is 0. The first-order valence-electron chi connectivity index (χ1n) is 11.0. The lowest BCUT2D eigenvalue weighted by atomic mass is 10.0. The average Bonchev–Trinajstić information content (AvgIpc) is 3.16. The number of ether oxygens (including phenoxy) is 1. The van der Waals surface area contributed by atoms with Gasteiger partial charge in [0.05, 0.1) is 29.9 Å². The summed E-state index contributed by atoms with van der Waals surface area (Å²) in [6.45, 7) is 11.4. The molecule has 0 aliphatic carbocycles. The zero-order valence-electron chi connectivity index (χ0n) is 19.1. The maximum atomic E-state index is 13.4. The van der Waals surface area contributed by atoms with Gasteiger partial charge in [0.15, 0.2) is 5.13 Å². The molecule has 172 valence electrons. The van der Waals surface area contributed by atoms with Crippen LogP contribution in [0.2, 0.25) is 0 Å². The number of thiazole rings is 1. The minimum Gasteiger partial charge on any atom is -0.379 e. The first-order chi connectivity index (χ1) is 15.0. The predicted molar refractivity (Wildman–Crippen MR) is 135 cm³/mol. The van der Waals surface area contributed by atoms with E-state index in [1.54, 1.807) is 11.3 Å². The van der Waals surface area contributed by atoms with E-state index in [4.69, 9.17) is 9.72 Å². The molecule has 3 aromatic rings. The molecule has 0 spiro atoms. The van der Waals surface area contributed by atoms with Crippen LogP contribution in [0.1, 0.15) is 28.7 Å². The summed E-state index contributed by atoms with van der Waals surface area (Å²) < 4.78 is 6.58. The Hall–Kier alpha value is -1.99. The molecule has 0 bridgehead atoms. The molecular formula is C25H32ClN3O2S. The highest BCUT2D eigenvalue weighted by molar-refractivity contribution is 7.22. The van der Waals surface area contributed by atoms with E-state index >= 15 is 0 Å². The molecule has 0 unspecified atom stereocenters. The minimum atomic E-state index is 0. The highest BCUT2D eigenvalue weighted by Crippen LogP contribution is 2.30. The van der Waals surface area contributed by atoms with Gasteiger partial charge in [-0.3, -0.25) is 14.6 Å². The molecule has 0 N–H and O–H groups in total. The number of carbonyl (C=O) groups excluding carboxylic acids is 1. The van der Waals surface area contributed by atoms with Crippen LogP contribution in [-0.2, 0) is 16.0 Å². The SMILES string of the molecule is Cc1ccc(CC(=O)N(CCCN2CCOCC2)c2nc3ccc(C)cc3s2)c(C)c1.Cl. The zero-order valence-corrected chi connectivity index (χ0v) is 20.7. The lowest BCUT2D eigenvalue weighted by molar-refractivity contribution is -0.118. The Balaban J connectivity index is 0.00000289. The van der Waals surface area contributed by atoms with E-state index in [9.17, 15) is 4.79 Å². The second-order valence-electron chi connectivity index (χ2n) is 8.43. The first-order valence-corrected chi connectivity index (χ1v) is 11.8. The van der Waals surface area contributed by atoms with Gasteiger partial charge in [-0.1, -0.05) is 41.2 Å². The van der Waals surface area contributed by atoms with Crippen LogP contribution in [0.3, 0.4) is 0 Å². The normalized spacial score (nSPS) is 14.3. The molecule has 1 fully saturated rings. The molecule has 4 rings (SSSR count). The van der Waals surface area contributed by atoms with Gasteiger partial charge in [0, 0.05) is 26.2 Å². The van der Waals surface area contributed by atoms with Crippen molar-refractivity contribution >= 4 is 45.0 Å². The van der Waals surface area contributed by atoms with Gasteiger partial charge >= 0.3 is 0 Å². The summed E-state index contributed by atoms with van der Waals surface area (Å²) in [7, 11) is 0. The van der Waals surface area contributed by atoms with Gasteiger partial charge in [-0.05, 0) is 56.0 Å². The van der Waals surface area contributed by atoms with E-state index < -0.39 is 0 Å². The zero-order chi connectivity index (χ0) is 21.8. The second kappa shape index (κ2) is 11.2. The summed E-state index contributed by atoms with van der Waals surface area (Å²) in [6.07, 6.45) is 1.33. The van der Waals surface area contributed by atoms with Crippen LogP contribution >= 0.6 is 23.7 Å². The number of fused-ring (bicyclic) bond motifs is 1. The Morgan fingerprint density at radius 3 is 2.56 bits per heavy atom. The number of carbonyl (C=O) groups is 1. The number of hydrogen-bond acceptors (Lipinski definition) is 5. The topological polar surface area (TPSA) is 45.7 Å². The van der Waals surface area contributed by atoms with E-state index in [1.807, 2.05) is 11.0 Å². The number of benzene rings is 2. The number of anilines is 1. The lowest BCUT2D eigenvalue weighted by Gasteiger charge is -2.27.